The second kappa shape index (κ2) is 7.34. The third-order valence-electron chi connectivity index (χ3n) is 5.48. The maximum atomic E-state index is 12.4. The van der Waals surface area contributed by atoms with E-state index in [9.17, 15) is 4.79 Å². The number of likely N-dealkylation sites (tertiary alicyclic amines) is 2. The topological polar surface area (TPSA) is 44.8 Å². The average molecular weight is 345 g/mol. The monoisotopic (exact) mass is 345 g/mol. The lowest BCUT2D eigenvalue weighted by atomic mass is 9.87. The smallest absolute Gasteiger partial charge is 0.321 e. The lowest BCUT2D eigenvalue weighted by Crippen LogP contribution is -2.63. The van der Waals surface area contributed by atoms with Crippen molar-refractivity contribution >= 4 is 11.7 Å². The third-order valence-corrected chi connectivity index (χ3v) is 5.48. The summed E-state index contributed by atoms with van der Waals surface area (Å²) >= 11 is 0. The highest BCUT2D eigenvalue weighted by atomic mass is 16.5. The summed E-state index contributed by atoms with van der Waals surface area (Å²) in [7, 11) is 1.80. The van der Waals surface area contributed by atoms with Gasteiger partial charge in [-0.3, -0.25) is 4.90 Å². The number of amides is 2. The number of urea groups is 1. The molecule has 0 atom stereocenters. The molecule has 1 aromatic carbocycles. The van der Waals surface area contributed by atoms with Crippen LogP contribution in [0.1, 0.15) is 39.2 Å². The van der Waals surface area contributed by atoms with Crippen LogP contribution >= 0.6 is 0 Å². The molecule has 0 unspecified atom stereocenters. The average Bonchev–Trinajstić information content (AvgIpc) is 2.54. The van der Waals surface area contributed by atoms with Crippen LogP contribution in [0.15, 0.2) is 24.3 Å². The van der Waals surface area contributed by atoms with Crippen LogP contribution in [0.25, 0.3) is 0 Å². The van der Waals surface area contributed by atoms with Crippen molar-refractivity contribution in [3.8, 4) is 0 Å². The number of rotatable bonds is 3. The Morgan fingerprint density at radius 2 is 1.72 bits per heavy atom. The van der Waals surface area contributed by atoms with Gasteiger partial charge in [0.1, 0.15) is 0 Å². The fourth-order valence-corrected chi connectivity index (χ4v) is 3.58. The van der Waals surface area contributed by atoms with Gasteiger partial charge in [0.15, 0.2) is 0 Å². The molecule has 1 aromatic rings. The molecular formula is C20H31N3O2. The van der Waals surface area contributed by atoms with Crippen LogP contribution in [0.4, 0.5) is 10.5 Å². The van der Waals surface area contributed by atoms with E-state index in [2.05, 4.69) is 43.1 Å². The molecule has 138 valence electrons. The second-order valence-electron chi connectivity index (χ2n) is 8.29. The predicted octanol–water partition coefficient (Wildman–Crippen LogP) is 3.31. The highest BCUT2D eigenvalue weighted by Crippen LogP contribution is 2.25. The molecule has 0 spiro atoms. The van der Waals surface area contributed by atoms with E-state index >= 15 is 0 Å². The van der Waals surface area contributed by atoms with Crippen LogP contribution in [0.5, 0.6) is 0 Å². The molecule has 3 rings (SSSR count). The Kier molecular flexibility index (Phi) is 5.35. The van der Waals surface area contributed by atoms with E-state index < -0.39 is 0 Å². The molecule has 2 fully saturated rings. The largest absolute Gasteiger partial charge is 0.381 e. The molecule has 0 bridgehead atoms. The Labute approximate surface area is 151 Å². The zero-order chi connectivity index (χ0) is 18.0. The lowest BCUT2D eigenvalue weighted by Gasteiger charge is -2.47. The number of ether oxygens (including phenoxy) is 1. The normalized spacial score (nSPS) is 20.4. The molecule has 2 amide bonds. The van der Waals surface area contributed by atoms with Crippen molar-refractivity contribution in [2.75, 3.05) is 38.6 Å². The van der Waals surface area contributed by atoms with Crippen molar-refractivity contribution in [1.29, 1.82) is 0 Å². The summed E-state index contributed by atoms with van der Waals surface area (Å²) < 4.78 is 5.42. The Hall–Kier alpha value is -1.59. The molecule has 1 N–H and O–H groups in total. The van der Waals surface area contributed by atoms with Crippen molar-refractivity contribution < 1.29 is 9.53 Å². The molecule has 0 aromatic heterocycles. The number of nitrogens with one attached hydrogen (secondary N) is 1. The summed E-state index contributed by atoms with van der Waals surface area (Å²) in [6.45, 7) is 10.4. The number of hydrogen-bond donors (Lipinski definition) is 1. The van der Waals surface area contributed by atoms with E-state index in [-0.39, 0.29) is 11.4 Å². The van der Waals surface area contributed by atoms with E-state index in [1.54, 1.807) is 7.11 Å². The zero-order valence-corrected chi connectivity index (χ0v) is 15.9. The second-order valence-corrected chi connectivity index (χ2v) is 8.29. The lowest BCUT2D eigenvalue weighted by molar-refractivity contribution is -0.00369. The van der Waals surface area contributed by atoms with Crippen molar-refractivity contribution in [3.63, 3.8) is 0 Å². The third kappa shape index (κ3) is 4.33. The molecule has 5 heteroatoms. The number of carbonyl (C=O) groups is 1. The molecular weight excluding hydrogens is 314 g/mol. The Balaban J connectivity index is 1.45. The SMILES string of the molecule is COC1CCN(C2CN(C(=O)Nc3ccc(C(C)(C)C)cc3)C2)CC1. The fraction of sp³-hybridized carbons (Fsp3) is 0.650. The number of methoxy groups -OCH3 is 1. The summed E-state index contributed by atoms with van der Waals surface area (Å²) in [6, 6.07) is 8.68. The van der Waals surface area contributed by atoms with Crippen LogP contribution in [-0.4, -0.2) is 61.3 Å². The number of hydrogen-bond acceptors (Lipinski definition) is 3. The molecule has 5 nitrogen and oxygen atoms in total. The van der Waals surface area contributed by atoms with Gasteiger partial charge in [0.25, 0.3) is 0 Å². The molecule has 0 radical (unpaired) electrons. The van der Waals surface area contributed by atoms with E-state index in [4.69, 9.17) is 4.74 Å². The van der Waals surface area contributed by atoms with E-state index in [0.29, 0.717) is 12.1 Å². The first-order valence-electron chi connectivity index (χ1n) is 9.30. The maximum absolute atomic E-state index is 12.4. The quantitative estimate of drug-likeness (QED) is 0.914. The molecule has 2 saturated heterocycles. The summed E-state index contributed by atoms with van der Waals surface area (Å²) in [5.41, 5.74) is 2.26. The van der Waals surface area contributed by atoms with Gasteiger partial charge in [-0.2, -0.15) is 0 Å². The van der Waals surface area contributed by atoms with Crippen LogP contribution < -0.4 is 5.32 Å². The summed E-state index contributed by atoms with van der Waals surface area (Å²) in [6.07, 6.45) is 2.60. The standard InChI is InChI=1S/C20H31N3O2/c1-20(2,3)15-5-7-16(8-6-15)21-19(24)23-13-17(14-23)22-11-9-18(25-4)10-12-22/h5-8,17-18H,9-14H2,1-4H3,(H,21,24). The number of nitrogens with zero attached hydrogens (tertiary/aromatic N) is 2. The van der Waals surface area contributed by atoms with Crippen molar-refractivity contribution in [2.45, 2.75) is 51.2 Å². The highest BCUT2D eigenvalue weighted by Gasteiger charge is 2.36. The Morgan fingerprint density at radius 3 is 2.24 bits per heavy atom. The van der Waals surface area contributed by atoms with Crippen LogP contribution in [0, 0.1) is 0 Å². The number of piperidine rings is 1. The first-order chi connectivity index (χ1) is 11.9. The van der Waals surface area contributed by atoms with Gasteiger partial charge in [-0.05, 0) is 36.0 Å². The van der Waals surface area contributed by atoms with Crippen molar-refractivity contribution in [3.05, 3.63) is 29.8 Å². The first kappa shape index (κ1) is 18.2. The minimum absolute atomic E-state index is 0.00605. The summed E-state index contributed by atoms with van der Waals surface area (Å²) in [5, 5.41) is 3.01. The highest BCUT2D eigenvalue weighted by molar-refractivity contribution is 5.90. The minimum atomic E-state index is 0.00605. The van der Waals surface area contributed by atoms with Gasteiger partial charge >= 0.3 is 6.03 Å². The van der Waals surface area contributed by atoms with Crippen LogP contribution in [0.3, 0.4) is 0 Å². The van der Waals surface area contributed by atoms with Gasteiger partial charge in [-0.15, -0.1) is 0 Å². The van der Waals surface area contributed by atoms with E-state index in [1.807, 2.05) is 17.0 Å². The summed E-state index contributed by atoms with van der Waals surface area (Å²) in [5.74, 6) is 0. The number of anilines is 1. The molecule has 25 heavy (non-hydrogen) atoms. The maximum Gasteiger partial charge on any atom is 0.321 e. The molecule has 0 aliphatic carbocycles. The van der Waals surface area contributed by atoms with Gasteiger partial charge in [0.2, 0.25) is 0 Å². The van der Waals surface area contributed by atoms with Gasteiger partial charge in [-0.25, -0.2) is 4.79 Å². The number of carbonyl (C=O) groups excluding carboxylic acids is 1. The summed E-state index contributed by atoms with van der Waals surface area (Å²) in [4.78, 5) is 16.8. The number of benzene rings is 1. The Morgan fingerprint density at radius 1 is 1.12 bits per heavy atom. The van der Waals surface area contributed by atoms with Gasteiger partial charge in [-0.1, -0.05) is 32.9 Å². The van der Waals surface area contributed by atoms with Crippen molar-refractivity contribution in [2.24, 2.45) is 0 Å². The fourth-order valence-electron chi connectivity index (χ4n) is 3.58. The van der Waals surface area contributed by atoms with E-state index in [0.717, 1.165) is 44.7 Å². The van der Waals surface area contributed by atoms with Crippen molar-refractivity contribution in [1.82, 2.24) is 9.80 Å². The van der Waals surface area contributed by atoms with Crippen LogP contribution in [0.2, 0.25) is 0 Å². The molecule has 2 heterocycles. The van der Waals surface area contributed by atoms with Gasteiger partial charge < -0.3 is 15.0 Å². The molecule has 0 saturated carbocycles. The van der Waals surface area contributed by atoms with E-state index in [1.165, 1.54) is 5.56 Å². The molecule has 2 aliphatic rings. The minimum Gasteiger partial charge on any atom is -0.381 e. The first-order valence-corrected chi connectivity index (χ1v) is 9.30. The zero-order valence-electron chi connectivity index (χ0n) is 15.9. The van der Waals surface area contributed by atoms with Gasteiger partial charge in [0.05, 0.1) is 6.10 Å². The Bertz CT molecular complexity index is 580. The molecule has 2 aliphatic heterocycles. The van der Waals surface area contributed by atoms with Gasteiger partial charge in [0, 0.05) is 45.0 Å². The predicted molar refractivity (Wildman–Crippen MR) is 101 cm³/mol. The van der Waals surface area contributed by atoms with Crippen LogP contribution in [-0.2, 0) is 10.2 Å².